The molecule has 1 fully saturated rings. The summed E-state index contributed by atoms with van der Waals surface area (Å²) in [6.07, 6.45) is 5.63. The van der Waals surface area contributed by atoms with Gasteiger partial charge < -0.3 is 4.74 Å². The molecule has 1 heterocycles. The number of methoxy groups -OCH3 is 1. The molecule has 0 bridgehead atoms. The van der Waals surface area contributed by atoms with E-state index in [9.17, 15) is 4.79 Å². The van der Waals surface area contributed by atoms with E-state index in [0.717, 1.165) is 18.5 Å². The number of carbonyl (C=O) groups is 1. The molecule has 1 aromatic heterocycles. The highest BCUT2D eigenvalue weighted by molar-refractivity contribution is 5.90. The zero-order valence-corrected chi connectivity index (χ0v) is 8.77. The molecule has 4 nitrogen and oxygen atoms in total. The van der Waals surface area contributed by atoms with Crippen LogP contribution in [0.25, 0.3) is 0 Å². The molecule has 0 spiro atoms. The van der Waals surface area contributed by atoms with Gasteiger partial charge in [0.25, 0.3) is 0 Å². The Bertz CT molecular complexity index is 391. The summed E-state index contributed by atoms with van der Waals surface area (Å²) >= 11 is 0. The van der Waals surface area contributed by atoms with Crippen LogP contribution < -0.4 is 0 Å². The standard InChI is InChI=1S/C11H14N2O2/c1-3-6-13-10(8-4-5-8)9(7-12-13)11(14)15-2/h3,7-8H,1,4-6H2,2H3. The Kier molecular flexibility index (Phi) is 2.58. The number of allylic oxidation sites excluding steroid dienone is 1. The van der Waals surface area contributed by atoms with Crippen LogP contribution in [0.15, 0.2) is 18.9 Å². The van der Waals surface area contributed by atoms with Gasteiger partial charge in [-0.25, -0.2) is 4.79 Å². The highest BCUT2D eigenvalue weighted by Gasteiger charge is 2.32. The van der Waals surface area contributed by atoms with E-state index in [1.54, 1.807) is 12.3 Å². The molecule has 0 atom stereocenters. The Balaban J connectivity index is 2.37. The average molecular weight is 206 g/mol. The Morgan fingerprint density at radius 1 is 1.80 bits per heavy atom. The van der Waals surface area contributed by atoms with Gasteiger partial charge in [-0.15, -0.1) is 6.58 Å². The molecule has 1 saturated carbocycles. The molecule has 0 amide bonds. The third-order valence-corrected chi connectivity index (χ3v) is 2.55. The van der Waals surface area contributed by atoms with E-state index >= 15 is 0 Å². The molecule has 0 radical (unpaired) electrons. The first kappa shape index (κ1) is 9.96. The van der Waals surface area contributed by atoms with Crippen LogP contribution in [0.2, 0.25) is 0 Å². The van der Waals surface area contributed by atoms with E-state index in [-0.39, 0.29) is 5.97 Å². The van der Waals surface area contributed by atoms with E-state index in [1.807, 2.05) is 4.68 Å². The van der Waals surface area contributed by atoms with E-state index in [4.69, 9.17) is 4.74 Å². The van der Waals surface area contributed by atoms with E-state index in [0.29, 0.717) is 18.0 Å². The van der Waals surface area contributed by atoms with Crippen LogP contribution in [0.1, 0.15) is 34.8 Å². The predicted molar refractivity (Wildman–Crippen MR) is 55.7 cm³/mol. The second kappa shape index (κ2) is 3.88. The first-order valence-electron chi connectivity index (χ1n) is 5.02. The van der Waals surface area contributed by atoms with Gasteiger partial charge in [-0.05, 0) is 12.8 Å². The number of carbonyl (C=O) groups excluding carboxylic acids is 1. The molecule has 4 heteroatoms. The van der Waals surface area contributed by atoms with Crippen LogP contribution in [0, 0.1) is 0 Å². The number of rotatable bonds is 4. The second-order valence-corrected chi connectivity index (χ2v) is 3.68. The molecule has 1 aliphatic carbocycles. The molecule has 0 aromatic carbocycles. The number of aromatic nitrogens is 2. The summed E-state index contributed by atoms with van der Waals surface area (Å²) in [6, 6.07) is 0. The minimum Gasteiger partial charge on any atom is -0.465 e. The zero-order chi connectivity index (χ0) is 10.8. The zero-order valence-electron chi connectivity index (χ0n) is 8.77. The first-order chi connectivity index (χ1) is 7.27. The molecular weight excluding hydrogens is 192 g/mol. The maximum atomic E-state index is 11.5. The Morgan fingerprint density at radius 3 is 3.07 bits per heavy atom. The van der Waals surface area contributed by atoms with Crippen molar-refractivity contribution in [1.29, 1.82) is 0 Å². The van der Waals surface area contributed by atoms with Gasteiger partial charge in [-0.1, -0.05) is 6.08 Å². The third kappa shape index (κ3) is 1.79. The van der Waals surface area contributed by atoms with Gasteiger partial charge in [0.1, 0.15) is 5.56 Å². The predicted octanol–water partition coefficient (Wildman–Crippen LogP) is 1.73. The van der Waals surface area contributed by atoms with Crippen LogP contribution in [0.4, 0.5) is 0 Å². The first-order valence-corrected chi connectivity index (χ1v) is 5.02. The second-order valence-electron chi connectivity index (χ2n) is 3.68. The van der Waals surface area contributed by atoms with Gasteiger partial charge in [0.05, 0.1) is 25.5 Å². The minimum atomic E-state index is -0.299. The van der Waals surface area contributed by atoms with Crippen molar-refractivity contribution in [1.82, 2.24) is 9.78 Å². The average Bonchev–Trinajstić information content (AvgIpc) is 3.00. The van der Waals surface area contributed by atoms with Crippen molar-refractivity contribution in [3.05, 3.63) is 30.1 Å². The maximum absolute atomic E-state index is 11.5. The minimum absolute atomic E-state index is 0.299. The van der Waals surface area contributed by atoms with Gasteiger partial charge >= 0.3 is 5.97 Å². The molecule has 0 unspecified atom stereocenters. The molecule has 2 rings (SSSR count). The van der Waals surface area contributed by atoms with Crippen molar-refractivity contribution in [3.8, 4) is 0 Å². The number of hydrogen-bond donors (Lipinski definition) is 0. The van der Waals surface area contributed by atoms with E-state index in [2.05, 4.69) is 11.7 Å². The Labute approximate surface area is 88.5 Å². The number of esters is 1. The lowest BCUT2D eigenvalue weighted by Crippen LogP contribution is -2.07. The molecule has 1 aliphatic rings. The van der Waals surface area contributed by atoms with Gasteiger partial charge in [0.15, 0.2) is 0 Å². The summed E-state index contributed by atoms with van der Waals surface area (Å²) in [5, 5.41) is 4.18. The van der Waals surface area contributed by atoms with Gasteiger partial charge in [0, 0.05) is 5.92 Å². The van der Waals surface area contributed by atoms with E-state index < -0.39 is 0 Å². The maximum Gasteiger partial charge on any atom is 0.341 e. The molecule has 80 valence electrons. The van der Waals surface area contributed by atoms with Gasteiger partial charge in [0.2, 0.25) is 0 Å². The fourth-order valence-corrected chi connectivity index (χ4v) is 1.72. The van der Waals surface area contributed by atoms with Gasteiger partial charge in [-0.2, -0.15) is 5.10 Å². The largest absolute Gasteiger partial charge is 0.465 e. The van der Waals surface area contributed by atoms with Crippen LogP contribution in [-0.4, -0.2) is 22.9 Å². The lowest BCUT2D eigenvalue weighted by atomic mass is 10.2. The molecule has 15 heavy (non-hydrogen) atoms. The van der Waals surface area contributed by atoms with Crippen molar-refractivity contribution >= 4 is 5.97 Å². The molecule has 0 aliphatic heterocycles. The summed E-state index contributed by atoms with van der Waals surface area (Å²) in [5.74, 6) is 0.175. The summed E-state index contributed by atoms with van der Waals surface area (Å²) in [4.78, 5) is 11.5. The third-order valence-electron chi connectivity index (χ3n) is 2.55. The lowest BCUT2D eigenvalue weighted by Gasteiger charge is -2.05. The van der Waals surface area contributed by atoms with Crippen molar-refractivity contribution in [2.75, 3.05) is 7.11 Å². The van der Waals surface area contributed by atoms with Crippen molar-refractivity contribution in [3.63, 3.8) is 0 Å². The smallest absolute Gasteiger partial charge is 0.341 e. The number of nitrogens with zero attached hydrogens (tertiary/aromatic N) is 2. The Morgan fingerprint density at radius 2 is 2.53 bits per heavy atom. The molecule has 0 saturated heterocycles. The van der Waals surface area contributed by atoms with Crippen molar-refractivity contribution in [2.24, 2.45) is 0 Å². The number of ether oxygens (including phenoxy) is 1. The summed E-state index contributed by atoms with van der Waals surface area (Å²) in [5.41, 5.74) is 1.60. The topological polar surface area (TPSA) is 44.1 Å². The highest BCUT2D eigenvalue weighted by atomic mass is 16.5. The van der Waals surface area contributed by atoms with Crippen molar-refractivity contribution < 1.29 is 9.53 Å². The highest BCUT2D eigenvalue weighted by Crippen LogP contribution is 2.41. The molecular formula is C11H14N2O2. The summed E-state index contributed by atoms with van der Waals surface area (Å²) in [6.45, 7) is 4.32. The van der Waals surface area contributed by atoms with Crippen LogP contribution >= 0.6 is 0 Å². The van der Waals surface area contributed by atoms with Crippen LogP contribution in [-0.2, 0) is 11.3 Å². The quantitative estimate of drug-likeness (QED) is 0.556. The monoisotopic (exact) mass is 206 g/mol. The summed E-state index contributed by atoms with van der Waals surface area (Å²) < 4.78 is 6.56. The SMILES string of the molecule is C=CCn1ncc(C(=O)OC)c1C1CC1. The normalized spacial score (nSPS) is 15.0. The van der Waals surface area contributed by atoms with Crippen LogP contribution in [0.5, 0.6) is 0 Å². The molecule has 0 N–H and O–H groups in total. The van der Waals surface area contributed by atoms with Gasteiger partial charge in [-0.3, -0.25) is 4.68 Å². The fraction of sp³-hybridized carbons (Fsp3) is 0.455. The fourth-order valence-electron chi connectivity index (χ4n) is 1.72. The van der Waals surface area contributed by atoms with Crippen LogP contribution in [0.3, 0.4) is 0 Å². The Hall–Kier alpha value is -1.58. The summed E-state index contributed by atoms with van der Waals surface area (Å²) in [7, 11) is 1.39. The lowest BCUT2D eigenvalue weighted by molar-refractivity contribution is 0.0599. The molecule has 1 aromatic rings. The van der Waals surface area contributed by atoms with Crippen molar-refractivity contribution in [2.45, 2.75) is 25.3 Å². The van der Waals surface area contributed by atoms with E-state index in [1.165, 1.54) is 7.11 Å². The number of hydrogen-bond acceptors (Lipinski definition) is 3.